The maximum Gasteiger partial charge on any atom is 0.416 e. The lowest BCUT2D eigenvalue weighted by Crippen LogP contribution is -2.39. The summed E-state index contributed by atoms with van der Waals surface area (Å²) < 4.78 is 38.7. The molecule has 0 aliphatic rings. The molecule has 146 valence electrons. The van der Waals surface area contributed by atoms with Crippen molar-refractivity contribution in [3.05, 3.63) is 106 Å². The molecule has 0 bridgehead atoms. The molecule has 0 aliphatic carbocycles. The van der Waals surface area contributed by atoms with Crippen molar-refractivity contribution in [3.8, 4) is 0 Å². The fourth-order valence-corrected chi connectivity index (χ4v) is 3.18. The number of rotatable bonds is 6. The quantitative estimate of drug-likeness (QED) is 0.576. The van der Waals surface area contributed by atoms with Crippen LogP contribution in [0, 0.1) is 0 Å². The fraction of sp³-hybridized carbons (Fsp3) is 0.182. The molecule has 0 aliphatic heterocycles. The summed E-state index contributed by atoms with van der Waals surface area (Å²) in [5, 5.41) is 15.1. The maximum absolute atomic E-state index is 12.9. The number of benzene rings is 3. The van der Waals surface area contributed by atoms with E-state index in [-0.39, 0.29) is 13.1 Å². The van der Waals surface area contributed by atoms with E-state index >= 15 is 0 Å². The van der Waals surface area contributed by atoms with Crippen LogP contribution >= 0.6 is 11.6 Å². The zero-order valence-electron chi connectivity index (χ0n) is 14.9. The Kier molecular flexibility index (Phi) is 6.08. The smallest absolute Gasteiger partial charge is 0.379 e. The van der Waals surface area contributed by atoms with Gasteiger partial charge in [-0.25, -0.2) is 0 Å². The van der Waals surface area contributed by atoms with Crippen molar-refractivity contribution >= 4 is 11.6 Å². The van der Waals surface area contributed by atoms with Crippen LogP contribution in [-0.4, -0.2) is 11.7 Å². The number of aliphatic hydroxyl groups is 1. The third kappa shape index (κ3) is 4.73. The van der Waals surface area contributed by atoms with Crippen molar-refractivity contribution in [1.82, 2.24) is 5.32 Å². The van der Waals surface area contributed by atoms with Crippen LogP contribution in [0.15, 0.2) is 78.9 Å². The molecule has 6 heteroatoms. The average molecular weight is 406 g/mol. The average Bonchev–Trinajstić information content (AvgIpc) is 2.68. The Morgan fingerprint density at radius 3 is 2.04 bits per heavy atom. The molecule has 0 fully saturated rings. The van der Waals surface area contributed by atoms with E-state index in [1.165, 1.54) is 6.07 Å². The zero-order valence-corrected chi connectivity index (χ0v) is 15.6. The van der Waals surface area contributed by atoms with Crippen LogP contribution < -0.4 is 5.32 Å². The largest absolute Gasteiger partial charge is 0.416 e. The Hall–Kier alpha value is -2.34. The Morgan fingerprint density at radius 2 is 1.39 bits per heavy atom. The van der Waals surface area contributed by atoms with E-state index in [4.69, 9.17) is 11.6 Å². The van der Waals surface area contributed by atoms with Crippen molar-refractivity contribution in [1.29, 1.82) is 0 Å². The first-order valence-electron chi connectivity index (χ1n) is 8.70. The van der Waals surface area contributed by atoms with Crippen LogP contribution in [0.5, 0.6) is 0 Å². The Balaban J connectivity index is 1.81. The number of hydrogen-bond acceptors (Lipinski definition) is 2. The Morgan fingerprint density at radius 1 is 0.786 bits per heavy atom. The van der Waals surface area contributed by atoms with Gasteiger partial charge in [0, 0.05) is 18.1 Å². The Bertz CT molecular complexity index is 913. The molecule has 0 aromatic heterocycles. The molecule has 2 N–H and O–H groups in total. The third-order valence-electron chi connectivity index (χ3n) is 4.54. The molecular formula is C22H19ClF3NO. The minimum atomic E-state index is -4.38. The molecule has 0 unspecified atom stereocenters. The summed E-state index contributed by atoms with van der Waals surface area (Å²) in [6.45, 7) is 0.307. The summed E-state index contributed by atoms with van der Waals surface area (Å²) in [7, 11) is 0. The van der Waals surface area contributed by atoms with Gasteiger partial charge >= 0.3 is 6.18 Å². The second-order valence-corrected chi connectivity index (χ2v) is 6.97. The molecule has 3 aromatic rings. The number of hydrogen-bond donors (Lipinski definition) is 2. The molecule has 3 aromatic carbocycles. The molecule has 0 heterocycles. The first-order valence-corrected chi connectivity index (χ1v) is 9.08. The van der Waals surface area contributed by atoms with E-state index in [1.807, 2.05) is 18.2 Å². The normalized spacial score (nSPS) is 13.9. The van der Waals surface area contributed by atoms with E-state index < -0.39 is 17.3 Å². The lowest BCUT2D eigenvalue weighted by Gasteiger charge is -2.30. The summed E-state index contributed by atoms with van der Waals surface area (Å²) >= 11 is 5.95. The van der Waals surface area contributed by atoms with Gasteiger partial charge < -0.3 is 10.4 Å². The van der Waals surface area contributed by atoms with Crippen molar-refractivity contribution in [3.63, 3.8) is 0 Å². The summed E-state index contributed by atoms with van der Waals surface area (Å²) in [6.07, 6.45) is -4.38. The van der Waals surface area contributed by atoms with Crippen LogP contribution in [0.2, 0.25) is 5.02 Å². The van der Waals surface area contributed by atoms with Crippen LogP contribution in [0.4, 0.5) is 13.2 Å². The van der Waals surface area contributed by atoms with E-state index in [1.54, 1.807) is 42.5 Å². The van der Waals surface area contributed by atoms with Gasteiger partial charge in [0.25, 0.3) is 0 Å². The molecule has 0 saturated carbocycles. The van der Waals surface area contributed by atoms with Crippen LogP contribution in [0.3, 0.4) is 0 Å². The van der Waals surface area contributed by atoms with Gasteiger partial charge in [-0.2, -0.15) is 13.2 Å². The van der Waals surface area contributed by atoms with E-state index in [0.29, 0.717) is 21.7 Å². The second-order valence-electron chi connectivity index (χ2n) is 6.53. The molecule has 0 amide bonds. The lowest BCUT2D eigenvalue weighted by atomic mass is 9.86. The summed E-state index contributed by atoms with van der Waals surface area (Å²) in [5.41, 5.74) is -0.245. The molecule has 2 nitrogen and oxygen atoms in total. The first-order chi connectivity index (χ1) is 13.3. The molecule has 3 rings (SSSR count). The summed E-state index contributed by atoms with van der Waals surface area (Å²) in [5.74, 6) is 0. The molecule has 0 radical (unpaired) electrons. The predicted molar refractivity (Wildman–Crippen MR) is 104 cm³/mol. The third-order valence-corrected chi connectivity index (χ3v) is 4.79. The molecule has 28 heavy (non-hydrogen) atoms. The van der Waals surface area contributed by atoms with Gasteiger partial charge in [0.15, 0.2) is 0 Å². The van der Waals surface area contributed by atoms with Crippen LogP contribution in [-0.2, 0) is 18.3 Å². The highest BCUT2D eigenvalue weighted by Gasteiger charge is 2.32. The number of halogens is 4. The zero-order chi connectivity index (χ0) is 20.2. The standard InChI is InChI=1S/C22H19ClF3NO/c23-20-11-9-18(10-12-20)21(28,17-6-2-1-3-7-17)15-27-14-16-5-4-8-19(13-16)22(24,25)26/h1-13,27-28H,14-15H2/t21-/m1/s1. The second kappa shape index (κ2) is 8.35. The van der Waals surface area contributed by atoms with Crippen molar-refractivity contribution in [2.24, 2.45) is 0 Å². The predicted octanol–water partition coefficient (Wildman–Crippen LogP) is 5.38. The number of nitrogens with one attached hydrogen (secondary N) is 1. The van der Waals surface area contributed by atoms with E-state index in [0.717, 1.165) is 12.1 Å². The fourth-order valence-electron chi connectivity index (χ4n) is 3.06. The number of alkyl halides is 3. The SMILES string of the molecule is O[C@](CNCc1cccc(C(F)(F)F)c1)(c1ccccc1)c1ccc(Cl)cc1. The highest BCUT2D eigenvalue weighted by molar-refractivity contribution is 6.30. The first kappa shape index (κ1) is 20.4. The van der Waals surface area contributed by atoms with Gasteiger partial charge in [0.05, 0.1) is 5.56 Å². The monoisotopic (exact) mass is 405 g/mol. The van der Waals surface area contributed by atoms with Gasteiger partial charge in [-0.3, -0.25) is 0 Å². The Labute approximate surface area is 166 Å². The molecule has 0 saturated heterocycles. The molecule has 0 spiro atoms. The van der Waals surface area contributed by atoms with Gasteiger partial charge in [-0.1, -0.05) is 72.3 Å². The van der Waals surface area contributed by atoms with Gasteiger partial charge in [0.2, 0.25) is 0 Å². The lowest BCUT2D eigenvalue weighted by molar-refractivity contribution is -0.137. The minimum absolute atomic E-state index is 0.120. The van der Waals surface area contributed by atoms with Crippen molar-refractivity contribution in [2.75, 3.05) is 6.54 Å². The van der Waals surface area contributed by atoms with Crippen LogP contribution in [0.1, 0.15) is 22.3 Å². The van der Waals surface area contributed by atoms with Crippen LogP contribution in [0.25, 0.3) is 0 Å². The summed E-state index contributed by atoms with van der Waals surface area (Å²) in [6, 6.07) is 21.1. The van der Waals surface area contributed by atoms with Gasteiger partial charge in [0.1, 0.15) is 5.60 Å². The van der Waals surface area contributed by atoms with Crippen molar-refractivity contribution in [2.45, 2.75) is 18.3 Å². The highest BCUT2D eigenvalue weighted by atomic mass is 35.5. The molecule has 1 atom stereocenters. The van der Waals surface area contributed by atoms with Gasteiger partial charge in [-0.15, -0.1) is 0 Å². The van der Waals surface area contributed by atoms with E-state index in [9.17, 15) is 18.3 Å². The van der Waals surface area contributed by atoms with E-state index in [2.05, 4.69) is 5.32 Å². The van der Waals surface area contributed by atoms with Gasteiger partial charge in [-0.05, 0) is 34.9 Å². The summed E-state index contributed by atoms with van der Waals surface area (Å²) in [4.78, 5) is 0. The van der Waals surface area contributed by atoms with Crippen molar-refractivity contribution < 1.29 is 18.3 Å². The highest BCUT2D eigenvalue weighted by Crippen LogP contribution is 2.31. The topological polar surface area (TPSA) is 32.3 Å². The minimum Gasteiger partial charge on any atom is -0.379 e. The molecular weight excluding hydrogens is 387 g/mol. The maximum atomic E-state index is 12.9.